The van der Waals surface area contributed by atoms with Crippen molar-refractivity contribution < 1.29 is 13.2 Å². The van der Waals surface area contributed by atoms with E-state index in [0.717, 1.165) is 6.26 Å². The molecule has 1 heterocycles. The third-order valence-electron chi connectivity index (χ3n) is 1.81. The highest BCUT2D eigenvalue weighted by Gasteiger charge is 2.02. The van der Waals surface area contributed by atoms with Crippen molar-refractivity contribution in [3.05, 3.63) is 5.15 Å². The van der Waals surface area contributed by atoms with Crippen molar-refractivity contribution in [2.45, 2.75) is 0 Å². The van der Waals surface area contributed by atoms with Crippen LogP contribution in [0.4, 0.5) is 11.8 Å². The quantitative estimate of drug-likeness (QED) is 0.525. The van der Waals surface area contributed by atoms with E-state index in [0.29, 0.717) is 13.2 Å². The molecule has 0 saturated carbocycles. The molecule has 1 aromatic rings. The number of hydrogen-bond donors (Lipinski definition) is 3. The lowest BCUT2D eigenvalue weighted by Gasteiger charge is -2.06. The Labute approximate surface area is 116 Å². The number of nitrogens with one attached hydrogen (secondary N) is 2. The van der Waals surface area contributed by atoms with Crippen LogP contribution in [0.2, 0.25) is 5.15 Å². The Bertz CT molecular complexity index is 511. The van der Waals surface area contributed by atoms with Gasteiger partial charge in [0.05, 0.1) is 19.5 Å². The van der Waals surface area contributed by atoms with Crippen molar-refractivity contribution in [2.24, 2.45) is 0 Å². The van der Waals surface area contributed by atoms with Gasteiger partial charge in [-0.3, -0.25) is 0 Å². The van der Waals surface area contributed by atoms with Crippen LogP contribution in [0.25, 0.3) is 0 Å². The summed E-state index contributed by atoms with van der Waals surface area (Å²) in [5, 5.41) is 10.1. The van der Waals surface area contributed by atoms with Gasteiger partial charge in [0.1, 0.15) is 0 Å². The molecule has 11 heteroatoms. The Hall–Kier alpha value is -1.23. The molecule has 1 aromatic heterocycles. The Morgan fingerprint density at radius 1 is 1.32 bits per heavy atom. The Kier molecular flexibility index (Phi) is 6.15. The Balaban J connectivity index is 2.12. The molecule has 0 aliphatic carbocycles. The number of halogens is 1. The van der Waals surface area contributed by atoms with E-state index in [1.54, 1.807) is 0 Å². The first-order valence-electron chi connectivity index (χ1n) is 5.30. The van der Waals surface area contributed by atoms with Crippen molar-refractivity contribution in [1.82, 2.24) is 19.9 Å². The number of nitrogens with zero attached hydrogens (tertiary/aromatic N) is 3. The molecule has 0 saturated heterocycles. The van der Waals surface area contributed by atoms with Crippen LogP contribution >= 0.6 is 11.6 Å². The maximum Gasteiger partial charge on any atom is 0.244 e. The van der Waals surface area contributed by atoms with Gasteiger partial charge in [-0.05, 0) is 0 Å². The standard InChI is InChI=1S/C8H15ClN6O3S/c1-19(16,17)12-3-5-18-4-2-11-8-13-7(10)6(9)14-15-8/h12H,2-5H2,1H3,(H3,10,11,13,15). The minimum absolute atomic E-state index is 0.0497. The Morgan fingerprint density at radius 2 is 2.00 bits per heavy atom. The van der Waals surface area contributed by atoms with Crippen molar-refractivity contribution in [2.75, 3.05) is 43.6 Å². The van der Waals surface area contributed by atoms with E-state index in [1.807, 2.05) is 0 Å². The van der Waals surface area contributed by atoms with Crippen LogP contribution in [0.5, 0.6) is 0 Å². The van der Waals surface area contributed by atoms with Crippen LogP contribution in [0.3, 0.4) is 0 Å². The fourth-order valence-electron chi connectivity index (χ4n) is 1.04. The van der Waals surface area contributed by atoms with Gasteiger partial charge in [-0.15, -0.1) is 10.2 Å². The molecule has 0 unspecified atom stereocenters. The molecule has 0 amide bonds. The second-order valence-electron chi connectivity index (χ2n) is 3.52. The van der Waals surface area contributed by atoms with Crippen molar-refractivity contribution in [1.29, 1.82) is 0 Å². The minimum Gasteiger partial charge on any atom is -0.381 e. The predicted molar refractivity (Wildman–Crippen MR) is 71.4 cm³/mol. The lowest BCUT2D eigenvalue weighted by molar-refractivity contribution is 0.149. The molecule has 9 nitrogen and oxygen atoms in total. The van der Waals surface area contributed by atoms with Gasteiger partial charge >= 0.3 is 0 Å². The molecule has 1 rings (SSSR count). The number of ether oxygens (including phenoxy) is 1. The van der Waals surface area contributed by atoms with Gasteiger partial charge in [0.25, 0.3) is 0 Å². The first-order chi connectivity index (χ1) is 8.88. The maximum atomic E-state index is 10.7. The fourth-order valence-corrected chi connectivity index (χ4v) is 1.57. The molecular formula is C8H15ClN6O3S. The first kappa shape index (κ1) is 15.8. The number of aromatic nitrogens is 3. The Morgan fingerprint density at radius 3 is 2.63 bits per heavy atom. The summed E-state index contributed by atoms with van der Waals surface area (Å²) in [5.41, 5.74) is 5.45. The van der Waals surface area contributed by atoms with Crippen LogP contribution in [-0.4, -0.2) is 56.2 Å². The average Bonchev–Trinajstić information content (AvgIpc) is 2.31. The molecule has 4 N–H and O–H groups in total. The van der Waals surface area contributed by atoms with Gasteiger partial charge in [-0.25, -0.2) is 13.1 Å². The van der Waals surface area contributed by atoms with E-state index in [-0.39, 0.29) is 30.1 Å². The lowest BCUT2D eigenvalue weighted by atomic mass is 10.6. The molecule has 0 bridgehead atoms. The topological polar surface area (TPSA) is 132 Å². The zero-order valence-corrected chi connectivity index (χ0v) is 11.8. The van der Waals surface area contributed by atoms with Crippen molar-refractivity contribution in [3.8, 4) is 0 Å². The molecule has 0 fully saturated rings. The summed E-state index contributed by atoms with van der Waals surface area (Å²) in [6.45, 7) is 1.29. The summed E-state index contributed by atoms with van der Waals surface area (Å²) in [7, 11) is -3.17. The smallest absolute Gasteiger partial charge is 0.244 e. The zero-order chi connectivity index (χ0) is 14.3. The monoisotopic (exact) mass is 310 g/mol. The van der Waals surface area contributed by atoms with Gasteiger partial charge in [-0.1, -0.05) is 11.6 Å². The number of nitrogens with two attached hydrogens (primary N) is 1. The molecule has 0 spiro atoms. The fraction of sp³-hybridized carbons (Fsp3) is 0.625. The number of rotatable bonds is 8. The SMILES string of the molecule is CS(=O)(=O)NCCOCCNc1nnc(Cl)c(N)n1. The largest absolute Gasteiger partial charge is 0.381 e. The predicted octanol–water partition coefficient (Wildman–Crippen LogP) is -0.915. The maximum absolute atomic E-state index is 10.7. The first-order valence-corrected chi connectivity index (χ1v) is 7.57. The highest BCUT2D eigenvalue weighted by Crippen LogP contribution is 2.11. The van der Waals surface area contributed by atoms with Gasteiger partial charge in [-0.2, -0.15) is 4.98 Å². The highest BCUT2D eigenvalue weighted by atomic mass is 35.5. The number of nitrogen functional groups attached to an aromatic ring is 1. The van der Waals surface area contributed by atoms with Gasteiger partial charge in [0.15, 0.2) is 11.0 Å². The second-order valence-corrected chi connectivity index (χ2v) is 5.71. The lowest BCUT2D eigenvalue weighted by Crippen LogP contribution is -2.26. The van der Waals surface area contributed by atoms with Gasteiger partial charge in [0.2, 0.25) is 16.0 Å². The third-order valence-corrected chi connectivity index (χ3v) is 2.81. The summed E-state index contributed by atoms with van der Waals surface area (Å²) < 4.78 is 29.0. The zero-order valence-electron chi connectivity index (χ0n) is 10.3. The highest BCUT2D eigenvalue weighted by molar-refractivity contribution is 7.88. The summed E-state index contributed by atoms with van der Waals surface area (Å²) in [4.78, 5) is 3.85. The van der Waals surface area contributed by atoms with Crippen LogP contribution in [0, 0.1) is 0 Å². The van der Waals surface area contributed by atoms with E-state index in [2.05, 4.69) is 25.2 Å². The molecule has 0 aromatic carbocycles. The second kappa shape index (κ2) is 7.38. The summed E-state index contributed by atoms with van der Waals surface area (Å²) >= 11 is 5.57. The van der Waals surface area contributed by atoms with E-state index in [4.69, 9.17) is 22.1 Å². The van der Waals surface area contributed by atoms with Crippen LogP contribution in [0.15, 0.2) is 0 Å². The van der Waals surface area contributed by atoms with E-state index in [1.165, 1.54) is 0 Å². The van der Waals surface area contributed by atoms with Crippen molar-refractivity contribution >= 4 is 33.4 Å². The molecule has 108 valence electrons. The number of anilines is 2. The van der Waals surface area contributed by atoms with Gasteiger partial charge in [0, 0.05) is 13.1 Å². The molecule has 19 heavy (non-hydrogen) atoms. The average molecular weight is 311 g/mol. The van der Waals surface area contributed by atoms with Gasteiger partial charge < -0.3 is 15.8 Å². The van der Waals surface area contributed by atoms with E-state index < -0.39 is 10.0 Å². The summed E-state index contributed by atoms with van der Waals surface area (Å²) in [6, 6.07) is 0. The van der Waals surface area contributed by atoms with Crippen molar-refractivity contribution in [3.63, 3.8) is 0 Å². The third kappa shape index (κ3) is 7.06. The van der Waals surface area contributed by atoms with Crippen LogP contribution < -0.4 is 15.8 Å². The number of hydrogen-bond acceptors (Lipinski definition) is 8. The normalized spacial score (nSPS) is 11.5. The number of sulfonamides is 1. The molecule has 0 atom stereocenters. The minimum atomic E-state index is -3.17. The van der Waals surface area contributed by atoms with E-state index >= 15 is 0 Å². The van der Waals surface area contributed by atoms with Crippen LogP contribution in [0.1, 0.15) is 0 Å². The molecule has 0 aliphatic heterocycles. The summed E-state index contributed by atoms with van der Waals surface area (Å²) in [5.74, 6) is 0.345. The summed E-state index contributed by atoms with van der Waals surface area (Å²) in [6.07, 6.45) is 1.09. The molecule has 0 radical (unpaired) electrons. The molecular weight excluding hydrogens is 296 g/mol. The van der Waals surface area contributed by atoms with E-state index in [9.17, 15) is 8.42 Å². The van der Waals surface area contributed by atoms with Crippen LogP contribution in [-0.2, 0) is 14.8 Å². The molecule has 0 aliphatic rings.